The van der Waals surface area contributed by atoms with Crippen LogP contribution in [-0.2, 0) is 21.2 Å². The van der Waals surface area contributed by atoms with Crippen molar-refractivity contribution in [2.45, 2.75) is 51.5 Å². The minimum atomic E-state index is -3.56. The molecule has 0 spiro atoms. The van der Waals surface area contributed by atoms with Gasteiger partial charge in [-0.3, -0.25) is 4.79 Å². The van der Waals surface area contributed by atoms with Crippen LogP contribution in [0.3, 0.4) is 0 Å². The summed E-state index contributed by atoms with van der Waals surface area (Å²) in [5.41, 5.74) is 3.23. The lowest BCUT2D eigenvalue weighted by atomic mass is 10.1. The summed E-state index contributed by atoms with van der Waals surface area (Å²) in [4.78, 5) is 21.0. The molecule has 3 rings (SSSR count). The molecular formula is C19H24N6O3S. The van der Waals surface area contributed by atoms with Crippen LogP contribution in [0.1, 0.15) is 37.2 Å². The van der Waals surface area contributed by atoms with E-state index in [1.165, 1.54) is 18.5 Å². The van der Waals surface area contributed by atoms with Crippen LogP contribution in [-0.4, -0.2) is 39.9 Å². The number of aryl methyl sites for hydroxylation is 2. The predicted molar refractivity (Wildman–Crippen MR) is 109 cm³/mol. The number of amides is 1. The summed E-state index contributed by atoms with van der Waals surface area (Å²) in [6.45, 7) is 7.32. The van der Waals surface area contributed by atoms with Crippen molar-refractivity contribution in [2.24, 2.45) is 0 Å². The molecule has 0 fully saturated rings. The largest absolute Gasteiger partial charge is 0.326 e. The molecule has 0 radical (unpaired) electrons. The smallest absolute Gasteiger partial charge is 0.252 e. The van der Waals surface area contributed by atoms with Gasteiger partial charge in [0, 0.05) is 29.5 Å². The van der Waals surface area contributed by atoms with Crippen molar-refractivity contribution >= 4 is 27.4 Å². The number of fused-ring (bicyclic) bond motifs is 1. The van der Waals surface area contributed by atoms with Crippen LogP contribution in [0.25, 0.3) is 5.78 Å². The van der Waals surface area contributed by atoms with Crippen LogP contribution < -0.4 is 10.0 Å². The Morgan fingerprint density at radius 1 is 1.17 bits per heavy atom. The quantitative estimate of drug-likeness (QED) is 0.608. The summed E-state index contributed by atoms with van der Waals surface area (Å²) >= 11 is 0. The Kier molecular flexibility index (Phi) is 5.94. The van der Waals surface area contributed by atoms with Gasteiger partial charge >= 0.3 is 0 Å². The van der Waals surface area contributed by atoms with Crippen LogP contribution in [0.5, 0.6) is 0 Å². The highest BCUT2D eigenvalue weighted by Gasteiger charge is 2.16. The topological polar surface area (TPSA) is 118 Å². The first-order chi connectivity index (χ1) is 13.7. The first-order valence-corrected chi connectivity index (χ1v) is 10.7. The molecule has 3 aromatic rings. The molecule has 0 atom stereocenters. The van der Waals surface area contributed by atoms with Gasteiger partial charge in [0.05, 0.1) is 4.90 Å². The van der Waals surface area contributed by atoms with Crippen LogP contribution in [0.15, 0.2) is 35.5 Å². The van der Waals surface area contributed by atoms with E-state index in [9.17, 15) is 13.2 Å². The van der Waals surface area contributed by atoms with Crippen molar-refractivity contribution in [1.29, 1.82) is 0 Å². The number of anilines is 1. The zero-order valence-corrected chi connectivity index (χ0v) is 17.6. The molecule has 2 N–H and O–H groups in total. The first kappa shape index (κ1) is 20.9. The summed E-state index contributed by atoms with van der Waals surface area (Å²) in [6, 6.07) is 5.89. The average Bonchev–Trinajstić information content (AvgIpc) is 3.09. The van der Waals surface area contributed by atoms with Gasteiger partial charge in [-0.05, 0) is 63.9 Å². The molecule has 0 unspecified atom stereocenters. The third-order valence-corrected chi connectivity index (χ3v) is 6.10. The monoisotopic (exact) mass is 416 g/mol. The van der Waals surface area contributed by atoms with Gasteiger partial charge in [-0.1, -0.05) is 0 Å². The number of rotatable bonds is 7. The fraction of sp³-hybridized carbons (Fsp3) is 0.368. The lowest BCUT2D eigenvalue weighted by molar-refractivity contribution is -0.116. The molecule has 0 saturated heterocycles. The summed E-state index contributed by atoms with van der Waals surface area (Å²) in [7, 11) is -3.56. The second-order valence-corrected chi connectivity index (χ2v) is 8.80. The second-order valence-electron chi connectivity index (χ2n) is 7.08. The molecule has 2 aromatic heterocycles. The maximum Gasteiger partial charge on any atom is 0.252 e. The Labute approximate surface area is 169 Å². The average molecular weight is 417 g/mol. The van der Waals surface area contributed by atoms with E-state index in [1.807, 2.05) is 13.8 Å². The van der Waals surface area contributed by atoms with E-state index < -0.39 is 10.0 Å². The fourth-order valence-electron chi connectivity index (χ4n) is 3.07. The number of aromatic nitrogens is 4. The van der Waals surface area contributed by atoms with Crippen molar-refractivity contribution in [3.05, 3.63) is 47.5 Å². The molecule has 1 aromatic carbocycles. The Bertz CT molecular complexity index is 1140. The molecular weight excluding hydrogens is 392 g/mol. The van der Waals surface area contributed by atoms with Crippen LogP contribution in [0.2, 0.25) is 0 Å². The zero-order valence-electron chi connectivity index (χ0n) is 16.8. The lowest BCUT2D eigenvalue weighted by Gasteiger charge is -2.11. The van der Waals surface area contributed by atoms with Crippen molar-refractivity contribution in [3.63, 3.8) is 0 Å². The minimum Gasteiger partial charge on any atom is -0.326 e. The molecule has 1 amide bonds. The number of hydrogen-bond acceptors (Lipinski definition) is 6. The van der Waals surface area contributed by atoms with Crippen molar-refractivity contribution in [2.75, 3.05) is 5.32 Å². The van der Waals surface area contributed by atoms with Crippen LogP contribution in [0, 0.1) is 13.8 Å². The molecule has 10 heteroatoms. The van der Waals surface area contributed by atoms with E-state index in [2.05, 4.69) is 25.1 Å². The van der Waals surface area contributed by atoms with E-state index in [0.29, 0.717) is 17.9 Å². The third kappa shape index (κ3) is 4.77. The van der Waals surface area contributed by atoms with Gasteiger partial charge in [-0.25, -0.2) is 22.6 Å². The van der Waals surface area contributed by atoms with Gasteiger partial charge in [0.2, 0.25) is 15.9 Å². The molecule has 2 heterocycles. The van der Waals surface area contributed by atoms with Gasteiger partial charge in [0.1, 0.15) is 6.33 Å². The Morgan fingerprint density at radius 2 is 1.86 bits per heavy atom. The van der Waals surface area contributed by atoms with Gasteiger partial charge in [-0.2, -0.15) is 10.1 Å². The van der Waals surface area contributed by atoms with E-state index in [4.69, 9.17) is 0 Å². The summed E-state index contributed by atoms with van der Waals surface area (Å²) in [5.74, 6) is 0.369. The van der Waals surface area contributed by atoms with Gasteiger partial charge in [-0.15, -0.1) is 0 Å². The summed E-state index contributed by atoms with van der Waals surface area (Å²) in [5, 5.41) is 6.94. The van der Waals surface area contributed by atoms with Gasteiger partial charge in [0.15, 0.2) is 0 Å². The van der Waals surface area contributed by atoms with E-state index in [1.54, 1.807) is 30.5 Å². The van der Waals surface area contributed by atoms with E-state index >= 15 is 0 Å². The van der Waals surface area contributed by atoms with Gasteiger partial charge in [0.25, 0.3) is 5.78 Å². The minimum absolute atomic E-state index is 0.155. The standard InChI is InChI=1S/C19H24N6O3S/c1-12(2)24-29(27,28)16-7-5-15(6-8-16)23-18(26)10-9-17-13(3)22-19-20-11-21-25(19)14(17)4/h5-8,11-12,24H,9-10H2,1-4H3,(H,23,26). The van der Waals surface area contributed by atoms with E-state index in [0.717, 1.165) is 17.0 Å². The zero-order chi connectivity index (χ0) is 21.2. The molecule has 9 nitrogen and oxygen atoms in total. The third-order valence-electron chi connectivity index (χ3n) is 4.43. The SMILES string of the molecule is Cc1nc2ncnn2c(C)c1CCC(=O)Nc1ccc(S(=O)(=O)NC(C)C)cc1. The molecule has 0 bridgehead atoms. The van der Waals surface area contributed by atoms with Gasteiger partial charge < -0.3 is 5.32 Å². The van der Waals surface area contributed by atoms with Crippen molar-refractivity contribution in [3.8, 4) is 0 Å². The molecule has 154 valence electrons. The highest BCUT2D eigenvalue weighted by Crippen LogP contribution is 2.17. The van der Waals surface area contributed by atoms with Crippen molar-refractivity contribution < 1.29 is 13.2 Å². The highest BCUT2D eigenvalue weighted by atomic mass is 32.2. The van der Waals surface area contributed by atoms with Crippen LogP contribution >= 0.6 is 0 Å². The molecule has 0 aliphatic heterocycles. The normalized spacial score (nSPS) is 11.9. The number of nitrogens with zero attached hydrogens (tertiary/aromatic N) is 4. The highest BCUT2D eigenvalue weighted by molar-refractivity contribution is 7.89. The second kappa shape index (κ2) is 8.26. The van der Waals surface area contributed by atoms with E-state index in [-0.39, 0.29) is 23.3 Å². The molecule has 0 aliphatic carbocycles. The number of hydrogen-bond donors (Lipinski definition) is 2. The Morgan fingerprint density at radius 3 is 2.52 bits per heavy atom. The van der Waals surface area contributed by atoms with Crippen molar-refractivity contribution in [1.82, 2.24) is 24.3 Å². The maximum atomic E-state index is 12.4. The summed E-state index contributed by atoms with van der Waals surface area (Å²) in [6.07, 6.45) is 2.22. The predicted octanol–water partition coefficient (Wildman–Crippen LogP) is 2.00. The number of benzene rings is 1. The molecule has 0 aliphatic rings. The molecule has 0 saturated carbocycles. The molecule has 29 heavy (non-hydrogen) atoms. The summed E-state index contributed by atoms with van der Waals surface area (Å²) < 4.78 is 28.5. The lowest BCUT2D eigenvalue weighted by Crippen LogP contribution is -2.30. The number of nitrogens with one attached hydrogen (secondary N) is 2. The number of sulfonamides is 1. The number of carbonyl (C=O) groups is 1. The fourth-order valence-corrected chi connectivity index (χ4v) is 4.33. The van der Waals surface area contributed by atoms with Crippen LogP contribution in [0.4, 0.5) is 5.69 Å². The Balaban J connectivity index is 1.64. The maximum absolute atomic E-state index is 12.4. The Hall–Kier alpha value is -2.85. The number of carbonyl (C=O) groups excluding carboxylic acids is 1. The first-order valence-electron chi connectivity index (χ1n) is 9.25.